The Hall–Kier alpha value is -4.91. The van der Waals surface area contributed by atoms with Gasteiger partial charge in [0.1, 0.15) is 5.54 Å². The monoisotopic (exact) mass is 634 g/mol. The van der Waals surface area contributed by atoms with E-state index in [1.165, 1.54) is 0 Å². The quantitative estimate of drug-likeness (QED) is 0.125. The number of carboxylic acids is 1. The number of esters is 1. The molecule has 0 heterocycles. The molecule has 47 heavy (non-hydrogen) atoms. The summed E-state index contributed by atoms with van der Waals surface area (Å²) < 4.78 is 5.43. The summed E-state index contributed by atoms with van der Waals surface area (Å²) in [5, 5.41) is 13.8. The van der Waals surface area contributed by atoms with Gasteiger partial charge in [-0.1, -0.05) is 129 Å². The van der Waals surface area contributed by atoms with E-state index in [0.29, 0.717) is 19.4 Å². The molecular formula is C40H46N2O5. The van der Waals surface area contributed by atoms with E-state index < -0.39 is 23.5 Å². The molecule has 2 amide bonds. The summed E-state index contributed by atoms with van der Waals surface area (Å²) >= 11 is 0. The van der Waals surface area contributed by atoms with E-state index in [9.17, 15) is 19.5 Å². The normalized spacial score (nSPS) is 12.9. The minimum Gasteiger partial charge on any atom is -0.479 e. The second-order valence-corrected chi connectivity index (χ2v) is 12.5. The van der Waals surface area contributed by atoms with Crippen LogP contribution in [0.15, 0.2) is 115 Å². The van der Waals surface area contributed by atoms with Crippen molar-refractivity contribution in [2.24, 2.45) is 11.8 Å². The first-order valence-electron chi connectivity index (χ1n) is 16.4. The van der Waals surface area contributed by atoms with Gasteiger partial charge in [-0.05, 0) is 53.5 Å². The molecule has 2 N–H and O–H groups in total. The lowest BCUT2D eigenvalue weighted by molar-refractivity contribution is -0.149. The highest BCUT2D eigenvalue weighted by molar-refractivity contribution is 5.87. The molecule has 0 aliphatic carbocycles. The molecule has 7 nitrogen and oxygen atoms in total. The zero-order chi connectivity index (χ0) is 33.6. The highest BCUT2D eigenvalue weighted by atomic mass is 16.5. The molecule has 0 saturated heterocycles. The number of carboxylic acid groups (broad SMARTS) is 1. The third-order valence-corrected chi connectivity index (χ3v) is 8.23. The molecule has 4 rings (SSSR count). The fourth-order valence-electron chi connectivity index (χ4n) is 5.85. The average Bonchev–Trinajstić information content (AvgIpc) is 3.07. The van der Waals surface area contributed by atoms with E-state index >= 15 is 0 Å². The van der Waals surface area contributed by atoms with Crippen LogP contribution in [-0.4, -0.2) is 53.2 Å². The Balaban J connectivity index is 1.63. The molecule has 4 aromatic rings. The van der Waals surface area contributed by atoms with Crippen molar-refractivity contribution >= 4 is 18.0 Å². The molecule has 0 spiro atoms. The van der Waals surface area contributed by atoms with Crippen molar-refractivity contribution in [1.82, 2.24) is 10.2 Å². The van der Waals surface area contributed by atoms with Gasteiger partial charge in [-0.3, -0.25) is 4.79 Å². The Morgan fingerprint density at radius 3 is 1.77 bits per heavy atom. The van der Waals surface area contributed by atoms with Crippen LogP contribution >= 0.6 is 0 Å². The second kappa shape index (κ2) is 17.1. The summed E-state index contributed by atoms with van der Waals surface area (Å²) in [7, 11) is 0. The number of carbonyl (C=O) groups excluding carboxylic acids is 2. The Labute approximate surface area is 278 Å². The number of urea groups is 1. The number of rotatable bonds is 16. The molecule has 246 valence electrons. The molecule has 0 bridgehead atoms. The molecular weight excluding hydrogens is 588 g/mol. The summed E-state index contributed by atoms with van der Waals surface area (Å²) in [5.41, 5.74) is 3.10. The Kier molecular flexibility index (Phi) is 12.7. The van der Waals surface area contributed by atoms with Crippen LogP contribution < -0.4 is 5.32 Å². The zero-order valence-electron chi connectivity index (χ0n) is 27.6. The summed E-state index contributed by atoms with van der Waals surface area (Å²) in [6.07, 6.45) is 1.29. The zero-order valence-corrected chi connectivity index (χ0v) is 27.6. The maximum Gasteiger partial charge on any atom is 0.330 e. The third kappa shape index (κ3) is 10.3. The van der Waals surface area contributed by atoms with Gasteiger partial charge in [0.2, 0.25) is 0 Å². The standard InChI is InChI=1S/C40H46N2O5/c1-4-47-37(43)36(25-20-31-14-8-5-9-15-31)29-42(28-30(2)3)39(46)41-40(38(44)45,26-32-16-10-6-11-17-32)27-33-21-23-35(24-22-33)34-18-12-7-13-19-34/h5-19,21-24,30,36H,4,20,25-29H2,1-3H3,(H,41,46)(H,44,45)/t36?,40-/m0/s1. The number of nitrogens with zero attached hydrogens (tertiary/aromatic N) is 1. The van der Waals surface area contributed by atoms with Gasteiger partial charge in [0, 0.05) is 25.9 Å². The average molecular weight is 635 g/mol. The first-order valence-corrected chi connectivity index (χ1v) is 16.4. The number of ether oxygens (including phenoxy) is 1. The molecule has 2 atom stereocenters. The third-order valence-electron chi connectivity index (χ3n) is 8.23. The number of carbonyl (C=O) groups is 3. The Morgan fingerprint density at radius 1 is 0.723 bits per heavy atom. The number of aryl methyl sites for hydroxylation is 1. The van der Waals surface area contributed by atoms with Crippen LogP contribution in [0, 0.1) is 11.8 Å². The fraction of sp³-hybridized carbons (Fsp3) is 0.325. The summed E-state index contributed by atoms with van der Waals surface area (Å²) in [6.45, 7) is 6.45. The topological polar surface area (TPSA) is 95.9 Å². The van der Waals surface area contributed by atoms with Gasteiger partial charge in [0.25, 0.3) is 0 Å². The lowest BCUT2D eigenvalue weighted by atomic mass is 9.84. The van der Waals surface area contributed by atoms with Crippen molar-refractivity contribution < 1.29 is 24.2 Å². The van der Waals surface area contributed by atoms with E-state index in [1.807, 2.05) is 129 Å². The van der Waals surface area contributed by atoms with Crippen molar-refractivity contribution in [2.75, 3.05) is 19.7 Å². The van der Waals surface area contributed by atoms with E-state index in [2.05, 4.69) is 5.32 Å². The van der Waals surface area contributed by atoms with Gasteiger partial charge in [-0.2, -0.15) is 0 Å². The van der Waals surface area contributed by atoms with Crippen LogP contribution in [0.25, 0.3) is 11.1 Å². The van der Waals surface area contributed by atoms with Gasteiger partial charge < -0.3 is 20.1 Å². The number of benzene rings is 4. The fourth-order valence-corrected chi connectivity index (χ4v) is 5.85. The molecule has 4 aromatic carbocycles. The number of hydrogen-bond acceptors (Lipinski definition) is 4. The highest BCUT2D eigenvalue weighted by Gasteiger charge is 2.42. The maximum absolute atomic E-state index is 14.2. The molecule has 1 unspecified atom stereocenters. The lowest BCUT2D eigenvalue weighted by Crippen LogP contribution is -2.61. The van der Waals surface area contributed by atoms with Crippen LogP contribution in [-0.2, 0) is 33.6 Å². The van der Waals surface area contributed by atoms with E-state index in [-0.39, 0.29) is 37.9 Å². The number of nitrogens with one attached hydrogen (secondary N) is 1. The number of hydrogen-bond donors (Lipinski definition) is 2. The van der Waals surface area contributed by atoms with Crippen molar-refractivity contribution in [3.05, 3.63) is 132 Å². The van der Waals surface area contributed by atoms with E-state index in [0.717, 1.165) is 27.8 Å². The molecule has 7 heteroatoms. The van der Waals surface area contributed by atoms with Gasteiger partial charge in [-0.25, -0.2) is 9.59 Å². The van der Waals surface area contributed by atoms with Gasteiger partial charge in [0.05, 0.1) is 12.5 Å². The van der Waals surface area contributed by atoms with E-state index in [4.69, 9.17) is 4.74 Å². The molecule has 0 radical (unpaired) electrons. The predicted octanol–water partition coefficient (Wildman–Crippen LogP) is 7.44. The molecule has 0 fully saturated rings. The molecule has 0 aromatic heterocycles. The molecule has 0 saturated carbocycles. The summed E-state index contributed by atoms with van der Waals surface area (Å²) in [5.74, 6) is -1.98. The Bertz CT molecular complexity index is 1560. The molecule has 0 aliphatic rings. The minimum atomic E-state index is -1.65. The summed E-state index contributed by atoms with van der Waals surface area (Å²) in [6, 6.07) is 36.5. The van der Waals surface area contributed by atoms with Crippen molar-refractivity contribution in [2.45, 2.75) is 52.0 Å². The maximum atomic E-state index is 14.2. The SMILES string of the molecule is CCOC(=O)C(CCc1ccccc1)CN(CC(C)C)C(=O)N[C@@](Cc1ccccc1)(Cc1ccc(-c2ccccc2)cc1)C(=O)O. The lowest BCUT2D eigenvalue weighted by Gasteiger charge is -2.35. The van der Waals surface area contributed by atoms with Crippen molar-refractivity contribution in [3.8, 4) is 11.1 Å². The van der Waals surface area contributed by atoms with Crippen LogP contribution in [0.1, 0.15) is 43.9 Å². The first kappa shape index (κ1) is 35.0. The van der Waals surface area contributed by atoms with Gasteiger partial charge >= 0.3 is 18.0 Å². The van der Waals surface area contributed by atoms with Crippen molar-refractivity contribution in [1.29, 1.82) is 0 Å². The van der Waals surface area contributed by atoms with E-state index in [1.54, 1.807) is 11.8 Å². The highest BCUT2D eigenvalue weighted by Crippen LogP contribution is 2.25. The van der Waals surface area contributed by atoms with Crippen LogP contribution in [0.4, 0.5) is 4.79 Å². The molecule has 0 aliphatic heterocycles. The Morgan fingerprint density at radius 2 is 1.23 bits per heavy atom. The first-order chi connectivity index (χ1) is 22.7. The minimum absolute atomic E-state index is 0.0723. The number of amides is 2. The van der Waals surface area contributed by atoms with Crippen molar-refractivity contribution in [3.63, 3.8) is 0 Å². The van der Waals surface area contributed by atoms with Crippen LogP contribution in [0.5, 0.6) is 0 Å². The summed E-state index contributed by atoms with van der Waals surface area (Å²) in [4.78, 5) is 42.2. The smallest absolute Gasteiger partial charge is 0.330 e. The van der Waals surface area contributed by atoms with Crippen LogP contribution in [0.2, 0.25) is 0 Å². The predicted molar refractivity (Wildman–Crippen MR) is 186 cm³/mol. The van der Waals surface area contributed by atoms with Gasteiger partial charge in [-0.15, -0.1) is 0 Å². The largest absolute Gasteiger partial charge is 0.479 e. The van der Waals surface area contributed by atoms with Gasteiger partial charge in [0.15, 0.2) is 0 Å². The second-order valence-electron chi connectivity index (χ2n) is 12.5. The van der Waals surface area contributed by atoms with Crippen LogP contribution in [0.3, 0.4) is 0 Å². The number of aliphatic carboxylic acids is 1.